The molecule has 2 saturated heterocycles. The third-order valence-corrected chi connectivity index (χ3v) is 11.5. The van der Waals surface area contributed by atoms with Crippen molar-refractivity contribution < 1.29 is 31.9 Å². The predicted molar refractivity (Wildman–Crippen MR) is 173 cm³/mol. The van der Waals surface area contributed by atoms with Gasteiger partial charge >= 0.3 is 0 Å². The lowest BCUT2D eigenvalue weighted by Crippen LogP contribution is -2.56. The summed E-state index contributed by atoms with van der Waals surface area (Å²) >= 11 is 1.15. The molecule has 0 radical (unpaired) electrons. The van der Waals surface area contributed by atoms with E-state index in [1.165, 1.54) is 7.11 Å². The molecule has 4 aromatic rings. The summed E-state index contributed by atoms with van der Waals surface area (Å²) < 4.78 is 52.2. The molecule has 6 rings (SSSR count). The highest BCUT2D eigenvalue weighted by Crippen LogP contribution is 2.55. The first-order valence-corrected chi connectivity index (χ1v) is 17.0. The van der Waals surface area contributed by atoms with Gasteiger partial charge in [0.25, 0.3) is 10.0 Å². The monoisotopic (exact) mass is 677 g/mol. The van der Waals surface area contributed by atoms with Gasteiger partial charge in [-0.3, -0.25) is 9.59 Å². The fraction of sp³-hybridized carbons (Fsp3) is 0.273. The summed E-state index contributed by atoms with van der Waals surface area (Å²) in [5.74, 6) is -0.0823. The number of hydrogen-bond acceptors (Lipinski definition) is 10. The van der Waals surface area contributed by atoms with E-state index in [1.54, 1.807) is 79.0 Å². The van der Waals surface area contributed by atoms with E-state index in [4.69, 9.17) is 9.47 Å². The molecule has 2 atom stereocenters. The van der Waals surface area contributed by atoms with Gasteiger partial charge in [-0.25, -0.2) is 27.1 Å². The Morgan fingerprint density at radius 1 is 0.872 bits per heavy atom. The Kier molecular flexibility index (Phi) is 9.06. The van der Waals surface area contributed by atoms with Crippen molar-refractivity contribution in [2.45, 2.75) is 27.0 Å². The van der Waals surface area contributed by atoms with E-state index in [-0.39, 0.29) is 10.8 Å². The zero-order valence-corrected chi connectivity index (χ0v) is 27.3. The molecule has 0 aliphatic carbocycles. The Morgan fingerprint density at radius 2 is 1.45 bits per heavy atom. The number of anilines is 1. The standard InChI is InChI=1S/C33H32FN5O6S2/c1-44-25-8-4-23(5-9-25)30-33(46-27-12-10-26(45-2)11-13-27,22-29(40)39(30)47(42,43)28-14-6-24(34)7-15-28)31(41)37-18-20-38(21-19-37)32-35-16-3-17-36-32/h3-17,30H,18-22H2,1-2H3/t30-,33-/m1/s1. The van der Waals surface area contributed by atoms with Crippen LogP contribution in [0.1, 0.15) is 18.0 Å². The van der Waals surface area contributed by atoms with Crippen molar-refractivity contribution in [3.05, 3.63) is 103 Å². The van der Waals surface area contributed by atoms with Crippen LogP contribution in [-0.4, -0.2) is 84.6 Å². The molecule has 3 aromatic carbocycles. The van der Waals surface area contributed by atoms with Crippen molar-refractivity contribution in [1.29, 1.82) is 0 Å². The molecule has 0 spiro atoms. The molecular weight excluding hydrogens is 646 g/mol. The van der Waals surface area contributed by atoms with E-state index in [0.717, 1.165) is 40.3 Å². The molecule has 2 amide bonds. The lowest BCUT2D eigenvalue weighted by atomic mass is 9.91. The maximum absolute atomic E-state index is 15.0. The number of thioether (sulfide) groups is 1. The first-order chi connectivity index (χ1) is 22.7. The van der Waals surface area contributed by atoms with Gasteiger partial charge in [0.2, 0.25) is 17.8 Å². The van der Waals surface area contributed by atoms with Crippen molar-refractivity contribution >= 4 is 39.5 Å². The normalized spacial score (nSPS) is 19.9. The molecule has 1 aromatic heterocycles. The van der Waals surface area contributed by atoms with Gasteiger partial charge in [0, 0.05) is 43.5 Å². The Hall–Kier alpha value is -4.69. The van der Waals surface area contributed by atoms with Gasteiger partial charge < -0.3 is 19.3 Å². The quantitative estimate of drug-likeness (QED) is 0.255. The molecule has 2 aliphatic heterocycles. The maximum atomic E-state index is 15.0. The van der Waals surface area contributed by atoms with Gasteiger partial charge in [0.15, 0.2) is 0 Å². The van der Waals surface area contributed by atoms with Gasteiger partial charge in [-0.15, -0.1) is 11.8 Å². The number of rotatable bonds is 9. The van der Waals surface area contributed by atoms with E-state index >= 15 is 0 Å². The van der Waals surface area contributed by atoms with Crippen LogP contribution in [0.2, 0.25) is 0 Å². The van der Waals surface area contributed by atoms with Gasteiger partial charge in [-0.1, -0.05) is 12.1 Å². The SMILES string of the molecule is COc1ccc(S[C@]2(C(=O)N3CCN(c4ncccn4)CC3)CC(=O)N(S(=O)(=O)c3ccc(F)cc3)[C@@H]2c2ccc(OC)cc2)cc1. The average Bonchev–Trinajstić information content (AvgIpc) is 3.41. The smallest absolute Gasteiger partial charge is 0.267 e. The lowest BCUT2D eigenvalue weighted by Gasteiger charge is -2.42. The van der Waals surface area contributed by atoms with Crippen molar-refractivity contribution in [3.8, 4) is 11.5 Å². The van der Waals surface area contributed by atoms with Crippen LogP contribution in [0.15, 0.2) is 101 Å². The molecule has 0 unspecified atom stereocenters. The second-order valence-electron chi connectivity index (χ2n) is 11.0. The Balaban J connectivity index is 1.46. The molecule has 2 fully saturated rings. The summed E-state index contributed by atoms with van der Waals surface area (Å²) in [5.41, 5.74) is 0.424. The van der Waals surface area contributed by atoms with Crippen LogP contribution in [0.4, 0.5) is 10.3 Å². The van der Waals surface area contributed by atoms with Crippen molar-refractivity contribution in [3.63, 3.8) is 0 Å². The molecule has 244 valence electrons. The zero-order chi connectivity index (χ0) is 33.2. The van der Waals surface area contributed by atoms with E-state index < -0.39 is 39.0 Å². The minimum Gasteiger partial charge on any atom is -0.497 e. The molecule has 14 heteroatoms. The molecule has 0 N–H and O–H groups in total. The number of aromatic nitrogens is 2. The topological polar surface area (TPSA) is 122 Å². The van der Waals surface area contributed by atoms with Crippen LogP contribution >= 0.6 is 11.8 Å². The first-order valence-electron chi connectivity index (χ1n) is 14.8. The average molecular weight is 678 g/mol. The van der Waals surface area contributed by atoms with Crippen LogP contribution < -0.4 is 14.4 Å². The van der Waals surface area contributed by atoms with Gasteiger partial charge in [0.1, 0.15) is 22.1 Å². The number of carbonyl (C=O) groups excluding carboxylic acids is 2. The first kappa shape index (κ1) is 32.3. The third kappa shape index (κ3) is 6.22. The number of amides is 2. The summed E-state index contributed by atoms with van der Waals surface area (Å²) in [5, 5.41) is 0. The second kappa shape index (κ2) is 13.2. The summed E-state index contributed by atoms with van der Waals surface area (Å²) in [6.45, 7) is 1.49. The number of nitrogens with zero attached hydrogens (tertiary/aromatic N) is 5. The van der Waals surface area contributed by atoms with Crippen molar-refractivity contribution in [1.82, 2.24) is 19.2 Å². The molecule has 11 nitrogen and oxygen atoms in total. The van der Waals surface area contributed by atoms with Crippen LogP contribution in [0, 0.1) is 5.82 Å². The second-order valence-corrected chi connectivity index (χ2v) is 14.2. The Bertz CT molecular complexity index is 1840. The molecule has 2 aliphatic rings. The fourth-order valence-electron chi connectivity index (χ4n) is 5.93. The fourth-order valence-corrected chi connectivity index (χ4v) is 9.07. The Labute approximate surface area is 276 Å². The van der Waals surface area contributed by atoms with Crippen LogP contribution in [-0.2, 0) is 19.6 Å². The largest absolute Gasteiger partial charge is 0.497 e. The lowest BCUT2D eigenvalue weighted by molar-refractivity contribution is -0.135. The molecular formula is C33H32FN5O6S2. The van der Waals surface area contributed by atoms with Crippen molar-refractivity contribution in [2.75, 3.05) is 45.3 Å². The summed E-state index contributed by atoms with van der Waals surface area (Å²) in [4.78, 5) is 41.8. The Morgan fingerprint density at radius 3 is 2.02 bits per heavy atom. The maximum Gasteiger partial charge on any atom is 0.267 e. The van der Waals surface area contributed by atoms with E-state index in [9.17, 15) is 22.4 Å². The summed E-state index contributed by atoms with van der Waals surface area (Å²) in [6.07, 6.45) is 2.90. The minimum absolute atomic E-state index is 0.264. The molecule has 47 heavy (non-hydrogen) atoms. The summed E-state index contributed by atoms with van der Waals surface area (Å²) in [7, 11) is -1.49. The number of piperazine rings is 1. The molecule has 0 saturated carbocycles. The van der Waals surface area contributed by atoms with Crippen LogP contribution in [0.25, 0.3) is 0 Å². The van der Waals surface area contributed by atoms with E-state index in [1.807, 2.05) is 4.90 Å². The van der Waals surface area contributed by atoms with E-state index in [2.05, 4.69) is 9.97 Å². The van der Waals surface area contributed by atoms with Gasteiger partial charge in [0.05, 0.1) is 31.6 Å². The number of carbonyl (C=O) groups is 2. The summed E-state index contributed by atoms with van der Waals surface area (Å²) in [6, 6.07) is 18.4. The van der Waals surface area contributed by atoms with Gasteiger partial charge in [-0.2, -0.15) is 0 Å². The van der Waals surface area contributed by atoms with Crippen molar-refractivity contribution in [2.24, 2.45) is 0 Å². The molecule has 3 heterocycles. The highest BCUT2D eigenvalue weighted by Gasteiger charge is 2.62. The molecule has 0 bridgehead atoms. The number of hydrogen-bond donors (Lipinski definition) is 0. The third-order valence-electron chi connectivity index (χ3n) is 8.26. The number of halogens is 1. The predicted octanol–water partition coefficient (Wildman–Crippen LogP) is 4.18. The highest BCUT2D eigenvalue weighted by molar-refractivity contribution is 8.01. The number of sulfonamides is 1. The minimum atomic E-state index is -4.54. The number of benzene rings is 3. The van der Waals surface area contributed by atoms with Gasteiger partial charge in [-0.05, 0) is 72.3 Å². The van der Waals surface area contributed by atoms with Crippen LogP contribution in [0.3, 0.4) is 0 Å². The highest BCUT2D eigenvalue weighted by atomic mass is 32.2. The number of methoxy groups -OCH3 is 2. The zero-order valence-electron chi connectivity index (χ0n) is 25.7. The number of ether oxygens (including phenoxy) is 2. The van der Waals surface area contributed by atoms with E-state index in [0.29, 0.717) is 54.1 Å². The van der Waals surface area contributed by atoms with Crippen LogP contribution in [0.5, 0.6) is 11.5 Å².